The van der Waals surface area contributed by atoms with Gasteiger partial charge in [0.2, 0.25) is 5.95 Å². The fourth-order valence-electron chi connectivity index (χ4n) is 4.68. The largest absolute Gasteiger partial charge is 0.378 e. The average Bonchev–Trinajstić information content (AvgIpc) is 3.25. The molecule has 0 unspecified atom stereocenters. The van der Waals surface area contributed by atoms with Gasteiger partial charge in [-0.1, -0.05) is 29.8 Å². The number of rotatable bonds is 4. The summed E-state index contributed by atoms with van der Waals surface area (Å²) in [5.74, 6) is 2.35. The van der Waals surface area contributed by atoms with Crippen molar-refractivity contribution >= 4 is 11.8 Å². The van der Waals surface area contributed by atoms with Crippen molar-refractivity contribution < 1.29 is 4.74 Å². The number of hydrogen-bond donors (Lipinski definition) is 1. The Balaban J connectivity index is 1.45. The Morgan fingerprint density at radius 1 is 1.00 bits per heavy atom. The molecule has 0 bridgehead atoms. The van der Waals surface area contributed by atoms with Crippen molar-refractivity contribution in [2.75, 3.05) is 49.2 Å². The Morgan fingerprint density at radius 2 is 1.81 bits per heavy atom. The summed E-state index contributed by atoms with van der Waals surface area (Å²) in [7, 11) is 0. The summed E-state index contributed by atoms with van der Waals surface area (Å²) in [5.41, 5.74) is 5.93. The van der Waals surface area contributed by atoms with Gasteiger partial charge in [-0.15, -0.1) is 0 Å². The number of piperidine rings is 1. The highest BCUT2D eigenvalue weighted by atomic mass is 16.5. The highest BCUT2D eigenvalue weighted by Gasteiger charge is 2.27. The number of morpholine rings is 1. The molecule has 7 heteroatoms. The molecular weight excluding hydrogens is 388 g/mol. The molecule has 0 spiro atoms. The minimum Gasteiger partial charge on any atom is -0.378 e. The van der Waals surface area contributed by atoms with E-state index in [1.807, 2.05) is 12.5 Å². The lowest BCUT2D eigenvalue weighted by molar-refractivity contribution is 0.122. The van der Waals surface area contributed by atoms with Crippen molar-refractivity contribution in [1.82, 2.24) is 19.9 Å². The predicted octanol–water partition coefficient (Wildman–Crippen LogP) is 3.70. The number of hydrogen-bond acceptors (Lipinski definition) is 6. The maximum Gasteiger partial charge on any atom is 0.227 e. The van der Waals surface area contributed by atoms with E-state index >= 15 is 0 Å². The number of aryl methyl sites for hydroxylation is 2. The van der Waals surface area contributed by atoms with Crippen molar-refractivity contribution in [2.24, 2.45) is 0 Å². The Bertz CT molecular complexity index is 1030. The summed E-state index contributed by atoms with van der Waals surface area (Å²) >= 11 is 0. The Kier molecular flexibility index (Phi) is 5.59. The van der Waals surface area contributed by atoms with Crippen LogP contribution in [0.2, 0.25) is 0 Å². The maximum atomic E-state index is 5.51. The van der Waals surface area contributed by atoms with E-state index in [1.54, 1.807) is 0 Å². The van der Waals surface area contributed by atoms with Crippen LogP contribution in [0.5, 0.6) is 0 Å². The van der Waals surface area contributed by atoms with Crippen LogP contribution >= 0.6 is 0 Å². The molecule has 2 aliphatic rings. The highest BCUT2D eigenvalue weighted by molar-refractivity contribution is 5.76. The monoisotopic (exact) mass is 418 g/mol. The molecule has 0 aliphatic carbocycles. The number of benzene rings is 1. The zero-order valence-corrected chi connectivity index (χ0v) is 18.3. The van der Waals surface area contributed by atoms with Gasteiger partial charge in [-0.2, -0.15) is 4.98 Å². The number of H-pyrrole nitrogens is 1. The van der Waals surface area contributed by atoms with Gasteiger partial charge in [0.05, 0.1) is 25.2 Å². The van der Waals surface area contributed by atoms with E-state index in [0.29, 0.717) is 5.92 Å². The van der Waals surface area contributed by atoms with Gasteiger partial charge in [0.15, 0.2) is 0 Å². The minimum absolute atomic E-state index is 0.505. The Hall–Kier alpha value is -2.93. The Morgan fingerprint density at radius 3 is 2.52 bits per heavy atom. The number of anilines is 2. The van der Waals surface area contributed by atoms with Gasteiger partial charge in [0, 0.05) is 49.6 Å². The summed E-state index contributed by atoms with van der Waals surface area (Å²) in [6, 6.07) is 8.61. The topological polar surface area (TPSA) is 70.2 Å². The van der Waals surface area contributed by atoms with Crippen LogP contribution < -0.4 is 9.80 Å². The first-order valence-corrected chi connectivity index (χ1v) is 11.2. The van der Waals surface area contributed by atoms with Gasteiger partial charge in [-0.3, -0.25) is 0 Å². The van der Waals surface area contributed by atoms with Crippen LogP contribution in [-0.2, 0) is 4.74 Å². The molecule has 2 aliphatic heterocycles. The summed E-state index contributed by atoms with van der Waals surface area (Å²) in [6.45, 7) is 9.31. The lowest BCUT2D eigenvalue weighted by Crippen LogP contribution is -2.38. The molecule has 0 saturated carbocycles. The van der Waals surface area contributed by atoms with Crippen molar-refractivity contribution in [2.45, 2.75) is 32.6 Å². The van der Waals surface area contributed by atoms with Crippen LogP contribution in [0.15, 0.2) is 36.8 Å². The smallest absolute Gasteiger partial charge is 0.227 e. The fourth-order valence-corrected chi connectivity index (χ4v) is 4.68. The van der Waals surface area contributed by atoms with E-state index in [2.05, 4.69) is 57.9 Å². The van der Waals surface area contributed by atoms with E-state index in [1.165, 1.54) is 22.5 Å². The molecular formula is C24H30N6O. The molecule has 31 heavy (non-hydrogen) atoms. The van der Waals surface area contributed by atoms with Gasteiger partial charge in [-0.05, 0) is 32.3 Å². The molecule has 2 fully saturated rings. The SMILES string of the molecule is Cc1cccc(-c2cnc(N3CCOCC3)nc2N2CCC(c3nc[nH]c3C)CC2)c1. The van der Waals surface area contributed by atoms with Crippen LogP contribution in [0.25, 0.3) is 11.1 Å². The first kappa shape index (κ1) is 20.0. The maximum absolute atomic E-state index is 5.51. The average molecular weight is 419 g/mol. The van der Waals surface area contributed by atoms with Crippen molar-refractivity contribution in [3.8, 4) is 11.1 Å². The van der Waals surface area contributed by atoms with Crippen molar-refractivity contribution in [1.29, 1.82) is 0 Å². The van der Waals surface area contributed by atoms with E-state index in [0.717, 1.165) is 69.6 Å². The fraction of sp³-hybridized carbons (Fsp3) is 0.458. The standard InChI is InChI=1S/C24H30N6O/c1-17-4-3-5-20(14-17)21-15-25-24(30-10-12-31-13-11-30)28-23(21)29-8-6-19(7-9-29)22-18(2)26-16-27-22/h3-5,14-16,19H,6-13H2,1-2H3,(H,26,27). The van der Waals surface area contributed by atoms with Crippen molar-refractivity contribution in [3.05, 3.63) is 53.7 Å². The van der Waals surface area contributed by atoms with Crippen LogP contribution in [-0.4, -0.2) is 59.3 Å². The van der Waals surface area contributed by atoms with E-state index in [4.69, 9.17) is 14.7 Å². The van der Waals surface area contributed by atoms with Crippen LogP contribution in [0, 0.1) is 13.8 Å². The molecule has 1 N–H and O–H groups in total. The molecule has 0 radical (unpaired) electrons. The molecule has 7 nitrogen and oxygen atoms in total. The third-order valence-corrected chi connectivity index (χ3v) is 6.43. The van der Waals surface area contributed by atoms with Gasteiger partial charge in [0.1, 0.15) is 5.82 Å². The normalized spacial score (nSPS) is 17.9. The molecule has 0 amide bonds. The summed E-state index contributed by atoms with van der Waals surface area (Å²) in [5, 5.41) is 0. The van der Waals surface area contributed by atoms with Gasteiger partial charge in [-0.25, -0.2) is 9.97 Å². The number of aromatic amines is 1. The lowest BCUT2D eigenvalue weighted by Gasteiger charge is -2.34. The zero-order chi connectivity index (χ0) is 21.2. The Labute approximate surface area is 183 Å². The quantitative estimate of drug-likeness (QED) is 0.697. The van der Waals surface area contributed by atoms with E-state index in [9.17, 15) is 0 Å². The first-order valence-electron chi connectivity index (χ1n) is 11.2. The van der Waals surface area contributed by atoms with Crippen LogP contribution in [0.1, 0.15) is 35.7 Å². The molecule has 5 rings (SSSR count). The molecule has 2 aromatic heterocycles. The van der Waals surface area contributed by atoms with Gasteiger partial charge >= 0.3 is 0 Å². The predicted molar refractivity (Wildman–Crippen MR) is 123 cm³/mol. The van der Waals surface area contributed by atoms with E-state index in [-0.39, 0.29) is 0 Å². The molecule has 2 saturated heterocycles. The number of nitrogens with zero attached hydrogens (tertiary/aromatic N) is 5. The second kappa shape index (κ2) is 8.67. The van der Waals surface area contributed by atoms with Crippen LogP contribution in [0.4, 0.5) is 11.8 Å². The summed E-state index contributed by atoms with van der Waals surface area (Å²) in [4.78, 5) is 22.3. The van der Waals surface area contributed by atoms with E-state index < -0.39 is 0 Å². The molecule has 1 aromatic carbocycles. The number of nitrogens with one attached hydrogen (secondary N) is 1. The number of ether oxygens (including phenoxy) is 1. The summed E-state index contributed by atoms with van der Waals surface area (Å²) < 4.78 is 5.51. The molecule has 162 valence electrons. The molecule has 4 heterocycles. The second-order valence-electron chi connectivity index (χ2n) is 8.55. The van der Waals surface area contributed by atoms with Gasteiger partial charge in [0.25, 0.3) is 0 Å². The summed E-state index contributed by atoms with van der Waals surface area (Å²) in [6.07, 6.45) is 5.98. The third kappa shape index (κ3) is 4.14. The first-order chi connectivity index (χ1) is 15.2. The number of imidazole rings is 1. The van der Waals surface area contributed by atoms with Crippen LogP contribution in [0.3, 0.4) is 0 Å². The second-order valence-corrected chi connectivity index (χ2v) is 8.55. The molecule has 0 atom stereocenters. The molecule has 3 aromatic rings. The third-order valence-electron chi connectivity index (χ3n) is 6.43. The minimum atomic E-state index is 0.505. The lowest BCUT2D eigenvalue weighted by atomic mass is 9.92. The highest BCUT2D eigenvalue weighted by Crippen LogP contribution is 2.35. The number of aromatic nitrogens is 4. The van der Waals surface area contributed by atoms with Crippen molar-refractivity contribution in [3.63, 3.8) is 0 Å². The van der Waals surface area contributed by atoms with Gasteiger partial charge < -0.3 is 19.5 Å². The zero-order valence-electron chi connectivity index (χ0n) is 18.3.